The van der Waals surface area contributed by atoms with Crippen molar-refractivity contribution in [2.24, 2.45) is 0 Å². The first-order valence-corrected chi connectivity index (χ1v) is 6.68. The molecule has 3 nitrogen and oxygen atoms in total. The lowest BCUT2D eigenvalue weighted by Gasteiger charge is -2.09. The number of hydrogen-bond acceptors (Lipinski definition) is 2. The van der Waals surface area contributed by atoms with Crippen LogP contribution in [0.1, 0.15) is 11.1 Å². The SMILES string of the molecule is Cc1ccc(OCC(=O)Nc2ccc(Cl)cc2)cc1C. The van der Waals surface area contributed by atoms with Gasteiger partial charge in [-0.3, -0.25) is 4.79 Å². The van der Waals surface area contributed by atoms with Gasteiger partial charge in [0.05, 0.1) is 0 Å². The number of nitrogens with one attached hydrogen (secondary N) is 1. The summed E-state index contributed by atoms with van der Waals surface area (Å²) in [5, 5.41) is 3.38. The summed E-state index contributed by atoms with van der Waals surface area (Å²) in [5.41, 5.74) is 3.03. The maximum absolute atomic E-state index is 11.8. The van der Waals surface area contributed by atoms with Crippen molar-refractivity contribution in [1.29, 1.82) is 0 Å². The second-order valence-corrected chi connectivity index (χ2v) is 5.03. The predicted molar refractivity (Wildman–Crippen MR) is 81.5 cm³/mol. The minimum atomic E-state index is -0.203. The minimum absolute atomic E-state index is 0.0227. The van der Waals surface area contributed by atoms with E-state index in [4.69, 9.17) is 16.3 Å². The molecule has 2 rings (SSSR count). The Morgan fingerprint density at radius 2 is 1.80 bits per heavy atom. The van der Waals surface area contributed by atoms with E-state index in [1.54, 1.807) is 24.3 Å². The second-order valence-electron chi connectivity index (χ2n) is 4.59. The topological polar surface area (TPSA) is 38.3 Å². The summed E-state index contributed by atoms with van der Waals surface area (Å²) >= 11 is 5.78. The molecule has 0 saturated heterocycles. The van der Waals surface area contributed by atoms with Crippen molar-refractivity contribution in [3.05, 3.63) is 58.6 Å². The van der Waals surface area contributed by atoms with Gasteiger partial charge in [-0.15, -0.1) is 0 Å². The Labute approximate surface area is 123 Å². The fourth-order valence-corrected chi connectivity index (χ4v) is 1.81. The second kappa shape index (κ2) is 6.44. The van der Waals surface area contributed by atoms with Gasteiger partial charge in [0.1, 0.15) is 5.75 Å². The Morgan fingerprint density at radius 3 is 2.45 bits per heavy atom. The Morgan fingerprint density at radius 1 is 1.10 bits per heavy atom. The average Bonchev–Trinajstić information content (AvgIpc) is 2.43. The van der Waals surface area contributed by atoms with Crippen LogP contribution in [0, 0.1) is 13.8 Å². The van der Waals surface area contributed by atoms with Crippen molar-refractivity contribution in [2.75, 3.05) is 11.9 Å². The monoisotopic (exact) mass is 289 g/mol. The number of carbonyl (C=O) groups excluding carboxylic acids is 1. The molecule has 0 unspecified atom stereocenters. The first-order chi connectivity index (χ1) is 9.54. The summed E-state index contributed by atoms with van der Waals surface area (Å²) < 4.78 is 5.46. The number of benzene rings is 2. The summed E-state index contributed by atoms with van der Waals surface area (Å²) in [6.45, 7) is 4.02. The van der Waals surface area contributed by atoms with Crippen LogP contribution in [0.2, 0.25) is 5.02 Å². The lowest BCUT2D eigenvalue weighted by molar-refractivity contribution is -0.118. The standard InChI is InChI=1S/C16H16ClNO2/c1-11-3-8-15(9-12(11)2)20-10-16(19)18-14-6-4-13(17)5-7-14/h3-9H,10H2,1-2H3,(H,18,19). The molecule has 1 amide bonds. The van der Waals surface area contributed by atoms with Crippen molar-refractivity contribution in [3.63, 3.8) is 0 Å². The van der Waals surface area contributed by atoms with E-state index in [0.717, 1.165) is 5.56 Å². The van der Waals surface area contributed by atoms with E-state index in [1.165, 1.54) is 5.56 Å². The highest BCUT2D eigenvalue weighted by molar-refractivity contribution is 6.30. The van der Waals surface area contributed by atoms with Crippen LogP contribution in [-0.4, -0.2) is 12.5 Å². The highest BCUT2D eigenvalue weighted by Crippen LogP contribution is 2.17. The molecule has 0 radical (unpaired) electrons. The van der Waals surface area contributed by atoms with Gasteiger partial charge in [-0.2, -0.15) is 0 Å². The lowest BCUT2D eigenvalue weighted by atomic mass is 10.1. The van der Waals surface area contributed by atoms with Gasteiger partial charge in [-0.1, -0.05) is 17.7 Å². The third-order valence-corrected chi connectivity index (χ3v) is 3.23. The smallest absolute Gasteiger partial charge is 0.262 e. The molecule has 0 atom stereocenters. The van der Waals surface area contributed by atoms with Crippen molar-refractivity contribution in [3.8, 4) is 5.75 Å². The molecule has 104 valence electrons. The van der Waals surface area contributed by atoms with Gasteiger partial charge in [0.25, 0.3) is 5.91 Å². The number of aryl methyl sites for hydroxylation is 2. The van der Waals surface area contributed by atoms with Crippen LogP contribution >= 0.6 is 11.6 Å². The van der Waals surface area contributed by atoms with E-state index in [1.807, 2.05) is 32.0 Å². The zero-order valence-corrected chi connectivity index (χ0v) is 12.2. The average molecular weight is 290 g/mol. The molecule has 4 heteroatoms. The number of carbonyl (C=O) groups is 1. The molecule has 0 fully saturated rings. The zero-order valence-electron chi connectivity index (χ0n) is 11.4. The molecule has 20 heavy (non-hydrogen) atoms. The van der Waals surface area contributed by atoms with Gasteiger partial charge in [-0.05, 0) is 61.4 Å². The van der Waals surface area contributed by atoms with Gasteiger partial charge < -0.3 is 10.1 Å². The highest BCUT2D eigenvalue weighted by atomic mass is 35.5. The number of hydrogen-bond donors (Lipinski definition) is 1. The Kier molecular flexibility index (Phi) is 4.64. The third kappa shape index (κ3) is 4.00. The van der Waals surface area contributed by atoms with Gasteiger partial charge in [-0.25, -0.2) is 0 Å². The molecule has 0 bridgehead atoms. The quantitative estimate of drug-likeness (QED) is 0.925. The molecule has 0 aliphatic heterocycles. The molecule has 0 saturated carbocycles. The Hall–Kier alpha value is -2.00. The van der Waals surface area contributed by atoms with Crippen LogP contribution in [0.4, 0.5) is 5.69 Å². The van der Waals surface area contributed by atoms with Gasteiger partial charge in [0.15, 0.2) is 6.61 Å². The molecule has 1 N–H and O–H groups in total. The summed E-state index contributed by atoms with van der Waals surface area (Å²) in [5.74, 6) is 0.491. The Bertz CT molecular complexity index is 608. The van der Waals surface area contributed by atoms with E-state index in [9.17, 15) is 4.79 Å². The van der Waals surface area contributed by atoms with E-state index < -0.39 is 0 Å². The van der Waals surface area contributed by atoms with Gasteiger partial charge >= 0.3 is 0 Å². The fraction of sp³-hybridized carbons (Fsp3) is 0.188. The summed E-state index contributed by atoms with van der Waals surface area (Å²) in [7, 11) is 0. The van der Waals surface area contributed by atoms with Crippen molar-refractivity contribution < 1.29 is 9.53 Å². The van der Waals surface area contributed by atoms with Crippen LogP contribution in [0.5, 0.6) is 5.75 Å². The number of anilines is 1. The molecule has 0 spiro atoms. The van der Waals surface area contributed by atoms with Crippen LogP contribution in [0.25, 0.3) is 0 Å². The fourth-order valence-electron chi connectivity index (χ4n) is 1.68. The van der Waals surface area contributed by atoms with Gasteiger partial charge in [0.2, 0.25) is 0 Å². The summed E-state index contributed by atoms with van der Waals surface area (Å²) in [6, 6.07) is 12.7. The van der Waals surface area contributed by atoms with Crippen molar-refractivity contribution in [2.45, 2.75) is 13.8 Å². The Balaban J connectivity index is 1.88. The van der Waals surface area contributed by atoms with Gasteiger partial charge in [0, 0.05) is 10.7 Å². The molecule has 2 aromatic carbocycles. The molecule has 2 aromatic rings. The minimum Gasteiger partial charge on any atom is -0.484 e. The molecule has 0 aliphatic carbocycles. The maximum atomic E-state index is 11.8. The third-order valence-electron chi connectivity index (χ3n) is 2.98. The van der Waals surface area contributed by atoms with E-state index in [2.05, 4.69) is 5.32 Å². The van der Waals surface area contributed by atoms with E-state index in [0.29, 0.717) is 16.5 Å². The molecular formula is C16H16ClNO2. The number of amides is 1. The number of ether oxygens (including phenoxy) is 1. The van der Waals surface area contributed by atoms with E-state index >= 15 is 0 Å². The summed E-state index contributed by atoms with van der Waals surface area (Å²) in [4.78, 5) is 11.8. The molecule has 0 aliphatic rings. The lowest BCUT2D eigenvalue weighted by Crippen LogP contribution is -2.20. The molecule has 0 aromatic heterocycles. The summed E-state index contributed by atoms with van der Waals surface area (Å²) in [6.07, 6.45) is 0. The molecule has 0 heterocycles. The molecular weight excluding hydrogens is 274 g/mol. The van der Waals surface area contributed by atoms with Crippen molar-refractivity contribution >= 4 is 23.2 Å². The number of halogens is 1. The van der Waals surface area contributed by atoms with Crippen LogP contribution in [0.3, 0.4) is 0 Å². The van der Waals surface area contributed by atoms with Crippen LogP contribution in [-0.2, 0) is 4.79 Å². The van der Waals surface area contributed by atoms with Crippen LogP contribution < -0.4 is 10.1 Å². The largest absolute Gasteiger partial charge is 0.484 e. The first kappa shape index (κ1) is 14.4. The normalized spacial score (nSPS) is 10.2. The number of rotatable bonds is 4. The first-order valence-electron chi connectivity index (χ1n) is 6.30. The maximum Gasteiger partial charge on any atom is 0.262 e. The predicted octanol–water partition coefficient (Wildman–Crippen LogP) is 3.97. The van der Waals surface area contributed by atoms with Crippen LogP contribution in [0.15, 0.2) is 42.5 Å². The van der Waals surface area contributed by atoms with Crippen molar-refractivity contribution in [1.82, 2.24) is 0 Å². The zero-order chi connectivity index (χ0) is 14.5. The highest BCUT2D eigenvalue weighted by Gasteiger charge is 2.04. The van der Waals surface area contributed by atoms with E-state index in [-0.39, 0.29) is 12.5 Å².